The van der Waals surface area contributed by atoms with Gasteiger partial charge in [-0.05, 0) is 23.8 Å². The average Bonchev–Trinajstić information content (AvgIpc) is 3.09. The van der Waals surface area contributed by atoms with E-state index in [0.717, 1.165) is 11.1 Å². The van der Waals surface area contributed by atoms with Gasteiger partial charge >= 0.3 is 0 Å². The molecule has 0 amide bonds. The molecule has 2 aromatic carbocycles. The van der Waals surface area contributed by atoms with Crippen molar-refractivity contribution in [2.24, 2.45) is 0 Å². The Kier molecular flexibility index (Phi) is 5.08. The second kappa shape index (κ2) is 7.42. The molecule has 0 spiro atoms. The molecule has 0 aliphatic carbocycles. The lowest BCUT2D eigenvalue weighted by Crippen LogP contribution is -2.21. The van der Waals surface area contributed by atoms with Gasteiger partial charge in [0.05, 0.1) is 20.3 Å². The highest BCUT2D eigenvalue weighted by Gasteiger charge is 2.20. The lowest BCUT2D eigenvalue weighted by Gasteiger charge is -2.15. The van der Waals surface area contributed by atoms with E-state index in [-0.39, 0.29) is 6.79 Å². The zero-order valence-electron chi connectivity index (χ0n) is 13.7. The molecule has 0 saturated heterocycles. The molecule has 1 atom stereocenters. The van der Waals surface area contributed by atoms with E-state index >= 15 is 0 Å². The number of rotatable bonds is 7. The van der Waals surface area contributed by atoms with Crippen LogP contribution in [0.1, 0.15) is 17.2 Å². The van der Waals surface area contributed by atoms with E-state index in [4.69, 9.17) is 18.9 Å². The SMILES string of the molecule is COc1ccccc1[C@H](O)CNCc1cc(OC)c2c(c1)OCO2. The van der Waals surface area contributed by atoms with Gasteiger partial charge in [-0.15, -0.1) is 0 Å². The van der Waals surface area contributed by atoms with Gasteiger partial charge in [-0.3, -0.25) is 0 Å². The normalized spacial score (nSPS) is 13.6. The van der Waals surface area contributed by atoms with Crippen molar-refractivity contribution in [3.63, 3.8) is 0 Å². The van der Waals surface area contributed by atoms with E-state index in [1.807, 2.05) is 36.4 Å². The molecule has 24 heavy (non-hydrogen) atoms. The minimum Gasteiger partial charge on any atom is -0.496 e. The molecule has 0 bridgehead atoms. The van der Waals surface area contributed by atoms with Gasteiger partial charge in [-0.1, -0.05) is 18.2 Å². The molecular formula is C18H21NO5. The van der Waals surface area contributed by atoms with Crippen molar-refractivity contribution >= 4 is 0 Å². The second-order valence-electron chi connectivity index (χ2n) is 5.42. The van der Waals surface area contributed by atoms with Gasteiger partial charge < -0.3 is 29.4 Å². The third kappa shape index (κ3) is 3.39. The van der Waals surface area contributed by atoms with Gasteiger partial charge in [0.25, 0.3) is 0 Å². The number of methoxy groups -OCH3 is 2. The topological polar surface area (TPSA) is 69.2 Å². The van der Waals surface area contributed by atoms with Crippen LogP contribution in [-0.2, 0) is 6.54 Å². The number of nitrogens with one attached hydrogen (secondary N) is 1. The molecule has 0 radical (unpaired) electrons. The van der Waals surface area contributed by atoms with Crippen molar-refractivity contribution in [2.75, 3.05) is 27.6 Å². The number of ether oxygens (including phenoxy) is 4. The van der Waals surface area contributed by atoms with E-state index in [1.165, 1.54) is 0 Å². The second-order valence-corrected chi connectivity index (χ2v) is 5.42. The summed E-state index contributed by atoms with van der Waals surface area (Å²) in [6.45, 7) is 1.17. The van der Waals surface area contributed by atoms with Crippen LogP contribution in [0.3, 0.4) is 0 Å². The molecule has 6 nitrogen and oxygen atoms in total. The summed E-state index contributed by atoms with van der Waals surface area (Å²) in [7, 11) is 3.19. The van der Waals surface area contributed by atoms with Gasteiger partial charge in [0.2, 0.25) is 12.5 Å². The first-order chi connectivity index (χ1) is 11.7. The van der Waals surface area contributed by atoms with Crippen LogP contribution in [0.25, 0.3) is 0 Å². The largest absolute Gasteiger partial charge is 0.496 e. The molecule has 0 aromatic heterocycles. The van der Waals surface area contributed by atoms with E-state index < -0.39 is 6.10 Å². The standard InChI is InChI=1S/C18H21NO5/c1-21-15-6-4-3-5-13(15)14(20)10-19-9-12-7-16(22-2)18-17(8-12)23-11-24-18/h3-8,14,19-20H,9-11H2,1-2H3/t14-/m1/s1. The fourth-order valence-corrected chi connectivity index (χ4v) is 2.69. The molecule has 2 aromatic rings. The van der Waals surface area contributed by atoms with Crippen LogP contribution in [-0.4, -0.2) is 32.7 Å². The number of aliphatic hydroxyl groups excluding tert-OH is 1. The fraction of sp³-hybridized carbons (Fsp3) is 0.333. The Morgan fingerprint density at radius 1 is 1.12 bits per heavy atom. The Morgan fingerprint density at radius 2 is 1.92 bits per heavy atom. The lowest BCUT2D eigenvalue weighted by atomic mass is 10.1. The molecule has 2 N–H and O–H groups in total. The highest BCUT2D eigenvalue weighted by Crippen LogP contribution is 2.41. The summed E-state index contributed by atoms with van der Waals surface area (Å²) < 4.78 is 21.4. The minimum absolute atomic E-state index is 0.203. The minimum atomic E-state index is -0.656. The maximum Gasteiger partial charge on any atom is 0.231 e. The Morgan fingerprint density at radius 3 is 2.71 bits per heavy atom. The third-order valence-corrected chi connectivity index (χ3v) is 3.88. The van der Waals surface area contributed by atoms with Crippen molar-refractivity contribution in [1.82, 2.24) is 5.32 Å². The Labute approximate surface area is 140 Å². The monoisotopic (exact) mass is 331 g/mol. The maximum absolute atomic E-state index is 10.4. The van der Waals surface area contributed by atoms with Gasteiger partial charge in [0.1, 0.15) is 5.75 Å². The third-order valence-electron chi connectivity index (χ3n) is 3.88. The Bertz CT molecular complexity index is 704. The van der Waals surface area contributed by atoms with Crippen molar-refractivity contribution in [1.29, 1.82) is 0 Å². The molecule has 1 aliphatic heterocycles. The first kappa shape index (κ1) is 16.4. The molecular weight excluding hydrogens is 310 g/mol. The van der Waals surface area contributed by atoms with Crippen molar-refractivity contribution in [3.8, 4) is 23.0 Å². The summed E-state index contributed by atoms with van der Waals surface area (Å²) in [5.41, 5.74) is 1.75. The van der Waals surface area contributed by atoms with Gasteiger partial charge in [0, 0.05) is 18.7 Å². The summed E-state index contributed by atoms with van der Waals surface area (Å²) in [4.78, 5) is 0. The molecule has 3 rings (SSSR count). The average molecular weight is 331 g/mol. The van der Waals surface area contributed by atoms with Crippen LogP contribution in [0.5, 0.6) is 23.0 Å². The molecule has 1 aliphatic rings. The van der Waals surface area contributed by atoms with Gasteiger partial charge in [0.15, 0.2) is 11.5 Å². The van der Waals surface area contributed by atoms with E-state index in [0.29, 0.717) is 36.1 Å². The molecule has 0 fully saturated rings. The van der Waals surface area contributed by atoms with Crippen molar-refractivity contribution in [3.05, 3.63) is 47.5 Å². The summed E-state index contributed by atoms with van der Waals surface area (Å²) >= 11 is 0. The van der Waals surface area contributed by atoms with Crippen molar-refractivity contribution < 1.29 is 24.1 Å². The summed E-state index contributed by atoms with van der Waals surface area (Å²) in [5, 5.41) is 13.6. The van der Waals surface area contributed by atoms with Gasteiger partial charge in [-0.25, -0.2) is 0 Å². The number of hydrogen-bond acceptors (Lipinski definition) is 6. The first-order valence-electron chi connectivity index (χ1n) is 7.71. The Hall–Kier alpha value is -2.44. The van der Waals surface area contributed by atoms with Crippen LogP contribution >= 0.6 is 0 Å². The maximum atomic E-state index is 10.4. The van der Waals surface area contributed by atoms with Crippen LogP contribution in [0.4, 0.5) is 0 Å². The summed E-state index contributed by atoms with van der Waals surface area (Å²) in [6, 6.07) is 11.3. The zero-order valence-corrected chi connectivity index (χ0v) is 13.7. The zero-order chi connectivity index (χ0) is 16.9. The van der Waals surface area contributed by atoms with Crippen LogP contribution < -0.4 is 24.3 Å². The van der Waals surface area contributed by atoms with E-state index in [2.05, 4.69) is 5.32 Å². The predicted octanol–water partition coefficient (Wildman–Crippen LogP) is 2.26. The highest BCUT2D eigenvalue weighted by atomic mass is 16.7. The van der Waals surface area contributed by atoms with E-state index in [9.17, 15) is 5.11 Å². The molecule has 0 saturated carbocycles. The smallest absolute Gasteiger partial charge is 0.231 e. The van der Waals surface area contributed by atoms with Crippen molar-refractivity contribution in [2.45, 2.75) is 12.6 Å². The quantitative estimate of drug-likeness (QED) is 0.811. The number of hydrogen-bond donors (Lipinski definition) is 2. The first-order valence-corrected chi connectivity index (χ1v) is 7.71. The number of aliphatic hydroxyl groups is 1. The molecule has 1 heterocycles. The number of para-hydroxylation sites is 1. The summed E-state index contributed by atoms with van der Waals surface area (Å²) in [5.74, 6) is 2.63. The van der Waals surface area contributed by atoms with E-state index in [1.54, 1.807) is 14.2 Å². The lowest BCUT2D eigenvalue weighted by molar-refractivity contribution is 0.170. The summed E-state index contributed by atoms with van der Waals surface area (Å²) in [6.07, 6.45) is -0.656. The van der Waals surface area contributed by atoms with Crippen LogP contribution in [0.15, 0.2) is 36.4 Å². The number of benzene rings is 2. The molecule has 0 unspecified atom stereocenters. The molecule has 6 heteroatoms. The van der Waals surface area contributed by atoms with Crippen LogP contribution in [0.2, 0.25) is 0 Å². The highest BCUT2D eigenvalue weighted by molar-refractivity contribution is 5.55. The predicted molar refractivity (Wildman–Crippen MR) is 88.8 cm³/mol. The molecule has 128 valence electrons. The Balaban J connectivity index is 1.62. The fourth-order valence-electron chi connectivity index (χ4n) is 2.69. The van der Waals surface area contributed by atoms with Gasteiger partial charge in [-0.2, -0.15) is 0 Å². The van der Waals surface area contributed by atoms with Crippen LogP contribution in [0, 0.1) is 0 Å². The number of fused-ring (bicyclic) bond motifs is 1.